The van der Waals surface area contributed by atoms with Crippen molar-refractivity contribution in [3.05, 3.63) is 88.7 Å². The molecule has 0 bridgehead atoms. The second-order valence-electron chi connectivity index (χ2n) is 8.35. The molecule has 1 aliphatic rings. The molecule has 4 nitrogen and oxygen atoms in total. The maximum atomic E-state index is 14.7. The number of benzene rings is 3. The third-order valence-electron chi connectivity index (χ3n) is 6.11. The van der Waals surface area contributed by atoms with E-state index in [4.69, 9.17) is 21.1 Å². The summed E-state index contributed by atoms with van der Waals surface area (Å²) in [6, 6.07) is 20.6. The van der Waals surface area contributed by atoms with Crippen LogP contribution in [0.4, 0.5) is 10.1 Å². The molecule has 1 atom stereocenters. The van der Waals surface area contributed by atoms with E-state index in [-0.39, 0.29) is 5.82 Å². The summed E-state index contributed by atoms with van der Waals surface area (Å²) in [6.45, 7) is 6.47. The summed E-state index contributed by atoms with van der Waals surface area (Å²) in [5.74, 6) is 1.23. The average molecular weight is 469 g/mol. The van der Waals surface area contributed by atoms with Crippen molar-refractivity contribution in [2.45, 2.75) is 19.4 Å². The summed E-state index contributed by atoms with van der Waals surface area (Å²) in [5.41, 5.74) is 2.73. The van der Waals surface area contributed by atoms with Crippen LogP contribution in [0.15, 0.2) is 66.7 Å². The zero-order chi connectivity index (χ0) is 23.2. The highest BCUT2D eigenvalue weighted by Crippen LogP contribution is 2.33. The zero-order valence-corrected chi connectivity index (χ0v) is 19.9. The first-order valence-corrected chi connectivity index (χ1v) is 11.7. The normalized spacial score (nSPS) is 15.3. The van der Waals surface area contributed by atoms with Gasteiger partial charge in [0, 0.05) is 44.7 Å². The molecule has 4 rings (SSSR count). The van der Waals surface area contributed by atoms with E-state index in [1.165, 1.54) is 6.07 Å². The molecule has 1 aliphatic heterocycles. The van der Waals surface area contributed by atoms with Gasteiger partial charge in [0.05, 0.1) is 17.8 Å². The number of rotatable bonds is 8. The molecule has 0 aromatic heterocycles. The topological polar surface area (TPSA) is 24.9 Å². The summed E-state index contributed by atoms with van der Waals surface area (Å²) in [5, 5.41) is 0.535. The van der Waals surface area contributed by atoms with Crippen molar-refractivity contribution in [2.24, 2.45) is 0 Å². The molecule has 0 N–H and O–H groups in total. The molecule has 1 saturated heterocycles. The summed E-state index contributed by atoms with van der Waals surface area (Å²) in [4.78, 5) is 4.76. The Balaban J connectivity index is 1.42. The molecule has 174 valence electrons. The Morgan fingerprint density at radius 2 is 1.67 bits per heavy atom. The summed E-state index contributed by atoms with van der Waals surface area (Å²) in [7, 11) is 1.71. The van der Waals surface area contributed by atoms with Gasteiger partial charge in [-0.1, -0.05) is 48.0 Å². The fraction of sp³-hybridized carbons (Fsp3) is 0.333. The largest absolute Gasteiger partial charge is 0.495 e. The van der Waals surface area contributed by atoms with E-state index in [0.29, 0.717) is 22.8 Å². The SMILES string of the molecule is COc1ccccc1N1CCN(CCC(Oc2cc(C)ccc2Cl)c2ccccc2F)CC1. The number of methoxy groups -OCH3 is 1. The predicted molar refractivity (Wildman–Crippen MR) is 132 cm³/mol. The highest BCUT2D eigenvalue weighted by atomic mass is 35.5. The summed E-state index contributed by atoms with van der Waals surface area (Å²) >= 11 is 6.37. The lowest BCUT2D eigenvalue weighted by Gasteiger charge is -2.37. The minimum atomic E-state index is -0.419. The second-order valence-corrected chi connectivity index (χ2v) is 8.76. The van der Waals surface area contributed by atoms with E-state index in [2.05, 4.69) is 15.9 Å². The Bertz CT molecular complexity index is 1070. The van der Waals surface area contributed by atoms with Crippen LogP contribution >= 0.6 is 11.6 Å². The van der Waals surface area contributed by atoms with Gasteiger partial charge in [-0.25, -0.2) is 4.39 Å². The van der Waals surface area contributed by atoms with Gasteiger partial charge in [0.15, 0.2) is 0 Å². The van der Waals surface area contributed by atoms with Crippen LogP contribution in [0.2, 0.25) is 5.02 Å². The first kappa shape index (κ1) is 23.4. The van der Waals surface area contributed by atoms with Crippen molar-refractivity contribution in [2.75, 3.05) is 44.7 Å². The van der Waals surface area contributed by atoms with E-state index in [0.717, 1.165) is 49.7 Å². The first-order chi connectivity index (χ1) is 16.0. The van der Waals surface area contributed by atoms with E-state index in [9.17, 15) is 4.39 Å². The summed E-state index contributed by atoms with van der Waals surface area (Å²) in [6.07, 6.45) is 0.248. The zero-order valence-electron chi connectivity index (χ0n) is 19.1. The van der Waals surface area contributed by atoms with Crippen molar-refractivity contribution in [3.63, 3.8) is 0 Å². The van der Waals surface area contributed by atoms with Crippen molar-refractivity contribution in [1.29, 1.82) is 0 Å². The Kier molecular flexibility index (Phi) is 7.73. The van der Waals surface area contributed by atoms with Gasteiger partial charge in [0.25, 0.3) is 0 Å². The van der Waals surface area contributed by atoms with Gasteiger partial charge in [-0.2, -0.15) is 0 Å². The van der Waals surface area contributed by atoms with Crippen LogP contribution in [0, 0.1) is 12.7 Å². The fourth-order valence-corrected chi connectivity index (χ4v) is 4.43. The number of piperazine rings is 1. The number of para-hydroxylation sites is 2. The van der Waals surface area contributed by atoms with Crippen LogP contribution in [0.3, 0.4) is 0 Å². The fourth-order valence-electron chi connectivity index (χ4n) is 4.27. The lowest BCUT2D eigenvalue weighted by atomic mass is 10.0. The van der Waals surface area contributed by atoms with E-state index in [1.54, 1.807) is 19.2 Å². The molecule has 0 saturated carbocycles. The smallest absolute Gasteiger partial charge is 0.142 e. The molecule has 0 radical (unpaired) electrons. The minimum absolute atomic E-state index is 0.257. The molecule has 0 amide bonds. The van der Waals surface area contributed by atoms with Crippen LogP contribution < -0.4 is 14.4 Å². The van der Waals surface area contributed by atoms with Crippen LogP contribution in [0.5, 0.6) is 11.5 Å². The lowest BCUT2D eigenvalue weighted by molar-refractivity contribution is 0.157. The van der Waals surface area contributed by atoms with E-state index in [1.807, 2.05) is 49.4 Å². The second kappa shape index (κ2) is 10.9. The van der Waals surface area contributed by atoms with Crippen molar-refractivity contribution >= 4 is 17.3 Å². The molecule has 33 heavy (non-hydrogen) atoms. The number of ether oxygens (including phenoxy) is 2. The molecule has 1 heterocycles. The molecule has 3 aromatic carbocycles. The Morgan fingerprint density at radius 1 is 0.939 bits per heavy atom. The van der Waals surface area contributed by atoms with Crippen LogP contribution in [-0.2, 0) is 0 Å². The monoisotopic (exact) mass is 468 g/mol. The Morgan fingerprint density at radius 3 is 2.42 bits per heavy atom. The van der Waals surface area contributed by atoms with Crippen LogP contribution in [0.25, 0.3) is 0 Å². The average Bonchev–Trinajstić information content (AvgIpc) is 2.84. The quantitative estimate of drug-likeness (QED) is 0.397. The summed E-state index contributed by atoms with van der Waals surface area (Å²) < 4.78 is 26.5. The number of anilines is 1. The van der Waals surface area contributed by atoms with Crippen molar-refractivity contribution < 1.29 is 13.9 Å². The standard InChI is InChI=1S/C27H30ClFN2O2/c1-20-11-12-22(28)27(19-20)33-25(21-7-3-4-8-23(21)29)13-14-30-15-17-31(18-16-30)24-9-5-6-10-26(24)32-2/h3-12,19,25H,13-18H2,1-2H3. The predicted octanol–water partition coefficient (Wildman–Crippen LogP) is 6.13. The van der Waals surface area contributed by atoms with Gasteiger partial charge in [0.1, 0.15) is 23.4 Å². The van der Waals surface area contributed by atoms with Gasteiger partial charge in [-0.3, -0.25) is 4.90 Å². The maximum Gasteiger partial charge on any atom is 0.142 e. The maximum absolute atomic E-state index is 14.7. The highest BCUT2D eigenvalue weighted by Gasteiger charge is 2.23. The van der Waals surface area contributed by atoms with Crippen molar-refractivity contribution in [1.82, 2.24) is 4.90 Å². The number of hydrogen-bond donors (Lipinski definition) is 0. The molecular formula is C27H30ClFN2O2. The van der Waals surface area contributed by atoms with Gasteiger partial charge in [-0.15, -0.1) is 0 Å². The third-order valence-corrected chi connectivity index (χ3v) is 6.43. The molecule has 0 spiro atoms. The number of hydrogen-bond acceptors (Lipinski definition) is 4. The number of aryl methyl sites for hydroxylation is 1. The molecule has 1 unspecified atom stereocenters. The highest BCUT2D eigenvalue weighted by molar-refractivity contribution is 6.32. The van der Waals surface area contributed by atoms with Crippen molar-refractivity contribution in [3.8, 4) is 11.5 Å². The van der Waals surface area contributed by atoms with Crippen LogP contribution in [-0.4, -0.2) is 44.7 Å². The Hall–Kier alpha value is -2.76. The minimum Gasteiger partial charge on any atom is -0.495 e. The molecule has 3 aromatic rings. The van der Waals surface area contributed by atoms with E-state index >= 15 is 0 Å². The molecule has 0 aliphatic carbocycles. The number of nitrogens with zero attached hydrogens (tertiary/aromatic N) is 2. The van der Waals surface area contributed by atoms with Gasteiger partial charge in [0.2, 0.25) is 0 Å². The van der Waals surface area contributed by atoms with Gasteiger partial charge >= 0.3 is 0 Å². The Labute approximate surface area is 200 Å². The lowest BCUT2D eigenvalue weighted by Crippen LogP contribution is -2.47. The molecule has 6 heteroatoms. The van der Waals surface area contributed by atoms with E-state index < -0.39 is 6.10 Å². The third kappa shape index (κ3) is 5.79. The van der Waals surface area contributed by atoms with Gasteiger partial charge in [-0.05, 0) is 42.8 Å². The van der Waals surface area contributed by atoms with Crippen LogP contribution in [0.1, 0.15) is 23.7 Å². The first-order valence-electron chi connectivity index (χ1n) is 11.3. The number of halogens is 2. The van der Waals surface area contributed by atoms with Gasteiger partial charge < -0.3 is 14.4 Å². The molecular weight excluding hydrogens is 439 g/mol. The molecule has 1 fully saturated rings.